The number of fused-ring (bicyclic) bond motifs is 1. The van der Waals surface area contributed by atoms with E-state index in [-0.39, 0.29) is 10.9 Å². The lowest BCUT2D eigenvalue weighted by molar-refractivity contribution is 0.555. The summed E-state index contributed by atoms with van der Waals surface area (Å²) in [4.78, 5) is 4.29. The van der Waals surface area contributed by atoms with Crippen LogP contribution in [-0.2, 0) is 10.0 Å². The van der Waals surface area contributed by atoms with Crippen molar-refractivity contribution in [3.8, 4) is 0 Å². The second-order valence-electron chi connectivity index (χ2n) is 4.39. The van der Waals surface area contributed by atoms with Crippen LogP contribution >= 0.6 is 0 Å². The zero-order valence-corrected chi connectivity index (χ0v) is 11.7. The molecule has 1 atom stereocenters. The van der Waals surface area contributed by atoms with Gasteiger partial charge in [0.15, 0.2) is 0 Å². The highest BCUT2D eigenvalue weighted by Crippen LogP contribution is 2.21. The molecule has 0 saturated heterocycles. The van der Waals surface area contributed by atoms with Crippen molar-refractivity contribution in [1.82, 2.24) is 15.0 Å². The van der Waals surface area contributed by atoms with Gasteiger partial charge in [0.05, 0.1) is 4.90 Å². The van der Waals surface area contributed by atoms with Gasteiger partial charge in [0.1, 0.15) is 0 Å². The quantitative estimate of drug-likeness (QED) is 0.860. The average Bonchev–Trinajstić information content (AvgIpc) is 2.44. The molecule has 2 rings (SSSR count). The minimum Gasteiger partial charge on any atom is -0.316 e. The molecule has 0 saturated carbocycles. The molecule has 1 unspecified atom stereocenters. The van der Waals surface area contributed by atoms with Crippen molar-refractivity contribution in [1.29, 1.82) is 0 Å². The van der Waals surface area contributed by atoms with Crippen LogP contribution in [0.15, 0.2) is 41.6 Å². The van der Waals surface area contributed by atoms with Crippen molar-refractivity contribution in [2.45, 2.75) is 17.9 Å². The predicted molar refractivity (Wildman–Crippen MR) is 75.5 cm³/mol. The Hall–Kier alpha value is -1.50. The van der Waals surface area contributed by atoms with Crippen molar-refractivity contribution in [2.75, 3.05) is 13.6 Å². The standard InChI is InChI=1S/C13H17N3O2S/c1-10(14-2)8-16-19(17,18)13-5-3-4-11-9-15-7-6-12(11)13/h3-7,9-10,14,16H,8H2,1-2H3. The summed E-state index contributed by atoms with van der Waals surface area (Å²) >= 11 is 0. The van der Waals surface area contributed by atoms with Crippen LogP contribution in [-0.4, -0.2) is 33.0 Å². The molecule has 19 heavy (non-hydrogen) atoms. The molecule has 0 spiro atoms. The number of pyridine rings is 1. The lowest BCUT2D eigenvalue weighted by Gasteiger charge is -2.13. The first-order valence-corrected chi connectivity index (χ1v) is 7.52. The molecule has 2 aromatic rings. The van der Waals surface area contributed by atoms with E-state index in [1.54, 1.807) is 37.6 Å². The normalized spacial score (nSPS) is 13.6. The largest absolute Gasteiger partial charge is 0.316 e. The topological polar surface area (TPSA) is 71.1 Å². The molecule has 0 amide bonds. The Balaban J connectivity index is 2.38. The second-order valence-corrected chi connectivity index (χ2v) is 6.13. The van der Waals surface area contributed by atoms with Crippen molar-refractivity contribution < 1.29 is 8.42 Å². The summed E-state index contributed by atoms with van der Waals surface area (Å²) in [6.07, 6.45) is 3.25. The minimum atomic E-state index is -3.51. The van der Waals surface area contributed by atoms with Gasteiger partial charge in [0.2, 0.25) is 10.0 Å². The highest BCUT2D eigenvalue weighted by Gasteiger charge is 2.17. The number of benzene rings is 1. The minimum absolute atomic E-state index is 0.0754. The molecule has 5 nitrogen and oxygen atoms in total. The van der Waals surface area contributed by atoms with E-state index in [0.717, 1.165) is 5.39 Å². The molecule has 0 radical (unpaired) electrons. The van der Waals surface area contributed by atoms with Crippen LogP contribution in [0.3, 0.4) is 0 Å². The van der Waals surface area contributed by atoms with Gasteiger partial charge in [0, 0.05) is 35.8 Å². The van der Waals surface area contributed by atoms with Gasteiger partial charge in [-0.15, -0.1) is 0 Å². The third-order valence-electron chi connectivity index (χ3n) is 3.00. The van der Waals surface area contributed by atoms with Crippen LogP contribution in [0.2, 0.25) is 0 Å². The zero-order chi connectivity index (χ0) is 13.9. The molecule has 1 aromatic heterocycles. The molecule has 0 bridgehead atoms. The van der Waals surface area contributed by atoms with Gasteiger partial charge in [-0.3, -0.25) is 4.98 Å². The molecule has 2 N–H and O–H groups in total. The predicted octanol–water partition coefficient (Wildman–Crippen LogP) is 1.12. The molecule has 0 fully saturated rings. The van der Waals surface area contributed by atoms with E-state index in [0.29, 0.717) is 11.9 Å². The Kier molecular flexibility index (Phi) is 4.14. The van der Waals surface area contributed by atoms with Crippen molar-refractivity contribution >= 4 is 20.8 Å². The molecule has 0 aliphatic rings. The average molecular weight is 279 g/mol. The molecule has 1 aromatic carbocycles. The monoisotopic (exact) mass is 279 g/mol. The van der Waals surface area contributed by atoms with E-state index in [9.17, 15) is 8.42 Å². The smallest absolute Gasteiger partial charge is 0.241 e. The summed E-state index contributed by atoms with van der Waals surface area (Å²) in [6, 6.07) is 6.96. The molecular formula is C13H17N3O2S. The first-order valence-electron chi connectivity index (χ1n) is 6.04. The van der Waals surface area contributed by atoms with E-state index in [4.69, 9.17) is 0 Å². The number of rotatable bonds is 5. The lowest BCUT2D eigenvalue weighted by Crippen LogP contribution is -2.37. The van der Waals surface area contributed by atoms with Crippen molar-refractivity contribution in [2.24, 2.45) is 0 Å². The van der Waals surface area contributed by atoms with Crippen molar-refractivity contribution in [3.63, 3.8) is 0 Å². The fraction of sp³-hybridized carbons (Fsp3) is 0.308. The molecular weight excluding hydrogens is 262 g/mol. The third-order valence-corrected chi connectivity index (χ3v) is 4.48. The first kappa shape index (κ1) is 13.9. The molecule has 0 aliphatic carbocycles. The Bertz CT molecular complexity index is 665. The van der Waals surface area contributed by atoms with Gasteiger partial charge in [-0.1, -0.05) is 12.1 Å². The lowest BCUT2D eigenvalue weighted by atomic mass is 10.2. The number of hydrogen-bond acceptors (Lipinski definition) is 4. The fourth-order valence-corrected chi connectivity index (χ4v) is 3.10. The molecule has 102 valence electrons. The maximum atomic E-state index is 12.3. The van der Waals surface area contributed by atoms with Gasteiger partial charge < -0.3 is 5.32 Å². The first-order chi connectivity index (χ1) is 9.04. The van der Waals surface area contributed by atoms with E-state index >= 15 is 0 Å². The summed E-state index contributed by atoms with van der Waals surface area (Å²) in [7, 11) is -1.72. The third kappa shape index (κ3) is 3.09. The summed E-state index contributed by atoms with van der Waals surface area (Å²) in [5.41, 5.74) is 0. The summed E-state index contributed by atoms with van der Waals surface area (Å²) < 4.78 is 27.2. The van der Waals surface area contributed by atoms with Crippen LogP contribution in [0, 0.1) is 0 Å². The summed E-state index contributed by atoms with van der Waals surface area (Å²) in [5, 5.41) is 4.48. The van der Waals surface area contributed by atoms with Gasteiger partial charge >= 0.3 is 0 Å². The Morgan fingerprint density at radius 1 is 1.32 bits per heavy atom. The number of hydrogen-bond donors (Lipinski definition) is 2. The highest BCUT2D eigenvalue weighted by molar-refractivity contribution is 7.89. The van der Waals surface area contributed by atoms with E-state index < -0.39 is 10.0 Å². The van der Waals surface area contributed by atoms with E-state index in [1.807, 2.05) is 13.0 Å². The maximum Gasteiger partial charge on any atom is 0.241 e. The Morgan fingerprint density at radius 2 is 2.11 bits per heavy atom. The number of nitrogens with zero attached hydrogens (tertiary/aromatic N) is 1. The van der Waals surface area contributed by atoms with E-state index in [1.165, 1.54) is 0 Å². The van der Waals surface area contributed by atoms with Crippen LogP contribution in [0.25, 0.3) is 10.8 Å². The van der Waals surface area contributed by atoms with Crippen molar-refractivity contribution in [3.05, 3.63) is 36.7 Å². The Labute approximate surface area is 113 Å². The van der Waals surface area contributed by atoms with Crippen LogP contribution in [0.4, 0.5) is 0 Å². The van der Waals surface area contributed by atoms with E-state index in [2.05, 4.69) is 15.0 Å². The van der Waals surface area contributed by atoms with Gasteiger partial charge in [-0.2, -0.15) is 0 Å². The number of nitrogens with one attached hydrogen (secondary N) is 2. The van der Waals surface area contributed by atoms with Gasteiger partial charge in [0.25, 0.3) is 0 Å². The zero-order valence-electron chi connectivity index (χ0n) is 10.9. The number of sulfonamides is 1. The van der Waals surface area contributed by atoms with Crippen LogP contribution < -0.4 is 10.0 Å². The van der Waals surface area contributed by atoms with Crippen LogP contribution in [0.1, 0.15) is 6.92 Å². The second kappa shape index (κ2) is 5.64. The van der Waals surface area contributed by atoms with Crippen LogP contribution in [0.5, 0.6) is 0 Å². The summed E-state index contributed by atoms with van der Waals surface area (Å²) in [6.45, 7) is 2.26. The molecule has 0 aliphatic heterocycles. The molecule has 1 heterocycles. The SMILES string of the molecule is CNC(C)CNS(=O)(=O)c1cccc2cnccc12. The highest BCUT2D eigenvalue weighted by atomic mass is 32.2. The fourth-order valence-electron chi connectivity index (χ4n) is 1.74. The van der Waals surface area contributed by atoms with Gasteiger partial charge in [-0.05, 0) is 26.1 Å². The number of likely N-dealkylation sites (N-methyl/N-ethyl adjacent to an activating group) is 1. The Morgan fingerprint density at radius 3 is 2.84 bits per heavy atom. The maximum absolute atomic E-state index is 12.3. The number of aromatic nitrogens is 1. The van der Waals surface area contributed by atoms with Gasteiger partial charge in [-0.25, -0.2) is 13.1 Å². The summed E-state index contributed by atoms with van der Waals surface area (Å²) in [5.74, 6) is 0. The molecule has 6 heteroatoms.